The van der Waals surface area contributed by atoms with E-state index in [0.29, 0.717) is 0 Å². The van der Waals surface area contributed by atoms with Crippen LogP contribution in [0.2, 0.25) is 0 Å². The summed E-state index contributed by atoms with van der Waals surface area (Å²) in [4.78, 5) is 0. The summed E-state index contributed by atoms with van der Waals surface area (Å²) < 4.78 is 0. The van der Waals surface area contributed by atoms with Crippen LogP contribution in [0.4, 0.5) is 0 Å². The molecular weight excluding hydrogens is 168 g/mol. The van der Waals surface area contributed by atoms with Gasteiger partial charge in [-0.15, -0.1) is 0 Å². The summed E-state index contributed by atoms with van der Waals surface area (Å²) in [6.45, 7) is 8.31. The molecular formula is C14H20. The zero-order valence-corrected chi connectivity index (χ0v) is 9.46. The Morgan fingerprint density at radius 2 is 1.07 bits per heavy atom. The van der Waals surface area contributed by atoms with Gasteiger partial charge in [-0.3, -0.25) is 0 Å². The minimum atomic E-state index is 0. The van der Waals surface area contributed by atoms with Gasteiger partial charge < -0.3 is 0 Å². The molecule has 2 rings (SSSR count). The number of rotatable bonds is 0. The van der Waals surface area contributed by atoms with Crippen LogP contribution < -0.4 is 0 Å². The van der Waals surface area contributed by atoms with Gasteiger partial charge in [0.1, 0.15) is 0 Å². The maximum atomic E-state index is 2.18. The lowest BCUT2D eigenvalue weighted by molar-refractivity contribution is 1.46. The van der Waals surface area contributed by atoms with E-state index in [0.717, 1.165) is 0 Å². The first-order valence-corrected chi connectivity index (χ1v) is 5.24. The third kappa shape index (κ3) is 1.95. The largest absolute Gasteiger partial charge is 0.0683 e. The van der Waals surface area contributed by atoms with E-state index in [1.807, 2.05) is 13.8 Å². The Kier molecular flexibility index (Phi) is 3.70. The SMILES string of the molecule is CC.Cc1ccc(C)c2ccccc12.[HH]. The molecule has 0 fully saturated rings. The van der Waals surface area contributed by atoms with Gasteiger partial charge in [-0.2, -0.15) is 0 Å². The maximum absolute atomic E-state index is 2.18. The predicted molar refractivity (Wildman–Crippen MR) is 66.9 cm³/mol. The van der Waals surface area contributed by atoms with Crippen LogP contribution in [0.25, 0.3) is 10.8 Å². The Hall–Kier alpha value is -1.30. The number of hydrogen-bond acceptors (Lipinski definition) is 0. The molecule has 0 aromatic heterocycles. The van der Waals surface area contributed by atoms with Crippen LogP contribution in [0.5, 0.6) is 0 Å². The highest BCUT2D eigenvalue weighted by Crippen LogP contribution is 2.20. The summed E-state index contributed by atoms with van der Waals surface area (Å²) in [5.41, 5.74) is 2.72. The molecule has 2 aromatic carbocycles. The smallest absolute Gasteiger partial charge is 0 e. The average Bonchev–Trinajstić information content (AvgIpc) is 2.27. The van der Waals surface area contributed by atoms with Gasteiger partial charge in [-0.25, -0.2) is 0 Å². The molecule has 0 heteroatoms. The molecule has 0 unspecified atom stereocenters. The number of benzene rings is 2. The highest BCUT2D eigenvalue weighted by Gasteiger charge is 1.97. The van der Waals surface area contributed by atoms with Crippen molar-refractivity contribution in [1.82, 2.24) is 0 Å². The second-order valence-corrected chi connectivity index (χ2v) is 3.24. The molecule has 0 saturated carbocycles. The molecule has 0 N–H and O–H groups in total. The van der Waals surface area contributed by atoms with E-state index in [2.05, 4.69) is 50.2 Å². The molecule has 0 atom stereocenters. The first-order chi connectivity index (χ1) is 6.79. The van der Waals surface area contributed by atoms with Crippen molar-refractivity contribution < 1.29 is 1.43 Å². The predicted octanol–water partition coefficient (Wildman–Crippen LogP) is 4.73. The van der Waals surface area contributed by atoms with E-state index < -0.39 is 0 Å². The number of hydrogen-bond donors (Lipinski definition) is 0. The van der Waals surface area contributed by atoms with E-state index in [4.69, 9.17) is 0 Å². The van der Waals surface area contributed by atoms with Gasteiger partial charge in [0.25, 0.3) is 0 Å². The van der Waals surface area contributed by atoms with Crippen LogP contribution in [-0.2, 0) is 0 Å². The van der Waals surface area contributed by atoms with Crippen LogP contribution in [0.3, 0.4) is 0 Å². The van der Waals surface area contributed by atoms with Crippen molar-refractivity contribution in [3.63, 3.8) is 0 Å². The molecule has 0 heterocycles. The molecule has 0 bridgehead atoms. The fraction of sp³-hybridized carbons (Fsp3) is 0.286. The third-order valence-corrected chi connectivity index (χ3v) is 2.36. The molecule has 0 spiro atoms. The Labute approximate surface area is 88.1 Å². The minimum absolute atomic E-state index is 0. The fourth-order valence-electron chi connectivity index (χ4n) is 1.60. The first kappa shape index (κ1) is 10.8. The van der Waals surface area contributed by atoms with E-state index >= 15 is 0 Å². The molecule has 14 heavy (non-hydrogen) atoms. The number of fused-ring (bicyclic) bond motifs is 1. The van der Waals surface area contributed by atoms with E-state index in [1.165, 1.54) is 21.9 Å². The topological polar surface area (TPSA) is 0 Å². The van der Waals surface area contributed by atoms with Crippen LogP contribution in [-0.4, -0.2) is 0 Å². The Morgan fingerprint density at radius 1 is 0.714 bits per heavy atom. The monoisotopic (exact) mass is 188 g/mol. The van der Waals surface area contributed by atoms with Crippen molar-refractivity contribution in [2.45, 2.75) is 27.7 Å². The Morgan fingerprint density at radius 3 is 1.43 bits per heavy atom. The van der Waals surface area contributed by atoms with E-state index in [9.17, 15) is 0 Å². The molecule has 0 aliphatic heterocycles. The van der Waals surface area contributed by atoms with Crippen LogP contribution in [0.15, 0.2) is 36.4 Å². The Balaban J connectivity index is 0.000000617. The molecule has 0 saturated heterocycles. The van der Waals surface area contributed by atoms with Crippen molar-refractivity contribution in [1.29, 1.82) is 0 Å². The summed E-state index contributed by atoms with van der Waals surface area (Å²) in [7, 11) is 0. The van der Waals surface area contributed by atoms with Crippen LogP contribution >= 0.6 is 0 Å². The van der Waals surface area contributed by atoms with Crippen LogP contribution in [0.1, 0.15) is 26.4 Å². The summed E-state index contributed by atoms with van der Waals surface area (Å²) in [5, 5.41) is 2.75. The maximum Gasteiger partial charge on any atom is 0 e. The van der Waals surface area contributed by atoms with Crippen molar-refractivity contribution in [2.24, 2.45) is 0 Å². The fourth-order valence-corrected chi connectivity index (χ4v) is 1.60. The highest BCUT2D eigenvalue weighted by atomic mass is 14.0. The van der Waals surface area contributed by atoms with Crippen molar-refractivity contribution in [2.75, 3.05) is 0 Å². The summed E-state index contributed by atoms with van der Waals surface area (Å²) >= 11 is 0. The van der Waals surface area contributed by atoms with Crippen molar-refractivity contribution in [3.8, 4) is 0 Å². The second kappa shape index (κ2) is 4.80. The van der Waals surface area contributed by atoms with Gasteiger partial charge in [0.05, 0.1) is 0 Å². The molecule has 2 aromatic rings. The molecule has 0 radical (unpaired) electrons. The van der Waals surface area contributed by atoms with E-state index in [-0.39, 0.29) is 1.43 Å². The van der Waals surface area contributed by atoms with Crippen molar-refractivity contribution >= 4 is 10.8 Å². The first-order valence-electron chi connectivity index (χ1n) is 5.24. The van der Waals surface area contributed by atoms with E-state index in [1.54, 1.807) is 0 Å². The zero-order chi connectivity index (χ0) is 10.6. The van der Waals surface area contributed by atoms with Crippen molar-refractivity contribution in [3.05, 3.63) is 47.5 Å². The Bertz CT molecular complexity index is 378. The molecule has 0 aliphatic rings. The van der Waals surface area contributed by atoms with Gasteiger partial charge in [0.15, 0.2) is 0 Å². The second-order valence-electron chi connectivity index (χ2n) is 3.24. The lowest BCUT2D eigenvalue weighted by Crippen LogP contribution is -1.80. The third-order valence-electron chi connectivity index (χ3n) is 2.36. The van der Waals surface area contributed by atoms with Gasteiger partial charge in [0, 0.05) is 1.43 Å². The average molecular weight is 188 g/mol. The quantitative estimate of drug-likeness (QED) is 0.560. The summed E-state index contributed by atoms with van der Waals surface area (Å²) in [6, 6.07) is 12.9. The molecule has 0 nitrogen and oxygen atoms in total. The van der Waals surface area contributed by atoms with Gasteiger partial charge in [-0.05, 0) is 35.7 Å². The normalized spacial score (nSPS) is 9.43. The lowest BCUT2D eigenvalue weighted by Gasteiger charge is -2.03. The zero-order valence-electron chi connectivity index (χ0n) is 9.46. The number of aryl methyl sites for hydroxylation is 2. The molecule has 76 valence electrons. The highest BCUT2D eigenvalue weighted by molar-refractivity contribution is 5.88. The van der Waals surface area contributed by atoms with Gasteiger partial charge in [-0.1, -0.05) is 50.2 Å². The molecule has 0 aliphatic carbocycles. The van der Waals surface area contributed by atoms with Gasteiger partial charge >= 0.3 is 0 Å². The summed E-state index contributed by atoms with van der Waals surface area (Å²) in [6.07, 6.45) is 0. The van der Waals surface area contributed by atoms with Gasteiger partial charge in [0.2, 0.25) is 0 Å². The standard InChI is InChI=1S/C12H12.C2H6.H2/c1-9-7-8-10(2)12-6-4-3-5-11(9)12;1-2;/h3-8H,1-2H3;1-2H3;1H. The lowest BCUT2D eigenvalue weighted by atomic mass is 10.0. The van der Waals surface area contributed by atoms with Crippen LogP contribution in [0, 0.1) is 13.8 Å². The summed E-state index contributed by atoms with van der Waals surface area (Å²) in [5.74, 6) is 0. The molecule has 0 amide bonds. The minimum Gasteiger partial charge on any atom is -0.0683 e.